The summed E-state index contributed by atoms with van der Waals surface area (Å²) >= 11 is 0. The first kappa shape index (κ1) is 13.0. The third-order valence-electron chi connectivity index (χ3n) is 3.13. The number of halogens is 5. The van der Waals surface area contributed by atoms with Crippen molar-refractivity contribution in [2.24, 2.45) is 0 Å². The lowest BCUT2D eigenvalue weighted by Gasteiger charge is -2.22. The monoisotopic (exact) mass is 264 g/mol. The van der Waals surface area contributed by atoms with E-state index >= 15 is 0 Å². The fourth-order valence-electron chi connectivity index (χ4n) is 2.25. The number of ketones is 1. The van der Waals surface area contributed by atoms with E-state index in [4.69, 9.17) is 0 Å². The quantitative estimate of drug-likeness (QED) is 0.430. The van der Waals surface area contributed by atoms with E-state index < -0.39 is 40.6 Å². The van der Waals surface area contributed by atoms with Crippen molar-refractivity contribution in [2.45, 2.75) is 31.6 Å². The minimum atomic E-state index is -2.17. The van der Waals surface area contributed by atoms with Crippen molar-refractivity contribution in [1.82, 2.24) is 0 Å². The molecule has 0 N–H and O–H groups in total. The molecule has 1 aliphatic carbocycles. The van der Waals surface area contributed by atoms with Gasteiger partial charge in [0.05, 0.1) is 0 Å². The summed E-state index contributed by atoms with van der Waals surface area (Å²) in [6.07, 6.45) is 0.733. The van der Waals surface area contributed by atoms with Gasteiger partial charge in [0.15, 0.2) is 23.3 Å². The first-order valence-corrected chi connectivity index (χ1v) is 5.46. The molecule has 1 atom stereocenters. The van der Waals surface area contributed by atoms with Gasteiger partial charge in [0.25, 0.3) is 0 Å². The van der Waals surface area contributed by atoms with E-state index in [2.05, 4.69) is 0 Å². The van der Waals surface area contributed by atoms with Crippen LogP contribution in [0.3, 0.4) is 0 Å². The van der Waals surface area contributed by atoms with E-state index in [0.29, 0.717) is 6.42 Å². The van der Waals surface area contributed by atoms with E-state index in [1.807, 2.05) is 0 Å². The second kappa shape index (κ2) is 4.66. The van der Waals surface area contributed by atoms with Crippen LogP contribution in [0.15, 0.2) is 0 Å². The van der Waals surface area contributed by atoms with E-state index in [1.165, 1.54) is 0 Å². The van der Waals surface area contributed by atoms with Crippen LogP contribution in [0.4, 0.5) is 22.0 Å². The summed E-state index contributed by atoms with van der Waals surface area (Å²) in [7, 11) is 0. The van der Waals surface area contributed by atoms with Crippen molar-refractivity contribution in [1.29, 1.82) is 0 Å². The van der Waals surface area contributed by atoms with E-state index in [9.17, 15) is 26.7 Å². The lowest BCUT2D eigenvalue weighted by Crippen LogP contribution is -2.18. The highest BCUT2D eigenvalue weighted by atomic mass is 19.2. The molecular weight excluding hydrogens is 255 g/mol. The largest absolute Gasteiger partial charge is 0.300 e. The molecule has 0 bridgehead atoms. The van der Waals surface area contributed by atoms with Gasteiger partial charge >= 0.3 is 0 Å². The van der Waals surface area contributed by atoms with Gasteiger partial charge in [0, 0.05) is 18.4 Å². The van der Waals surface area contributed by atoms with Crippen LogP contribution in [0.1, 0.15) is 37.2 Å². The Morgan fingerprint density at radius 3 is 1.83 bits per heavy atom. The molecule has 0 amide bonds. The van der Waals surface area contributed by atoms with Crippen LogP contribution in [-0.2, 0) is 4.79 Å². The Balaban J connectivity index is 2.53. The third kappa shape index (κ3) is 2.00. The van der Waals surface area contributed by atoms with Crippen LogP contribution in [0.5, 0.6) is 0 Å². The minimum Gasteiger partial charge on any atom is -0.300 e. The Kier molecular flexibility index (Phi) is 3.36. The first-order chi connectivity index (χ1) is 8.43. The number of hydrogen-bond donors (Lipinski definition) is 0. The molecule has 0 saturated heterocycles. The summed E-state index contributed by atoms with van der Waals surface area (Å²) in [5.41, 5.74) is -0.862. The maximum atomic E-state index is 13.5. The SMILES string of the molecule is O=C1CCCC(c2c(F)c(F)c(F)c(F)c2F)C1. The second-order valence-corrected chi connectivity index (χ2v) is 4.32. The van der Waals surface area contributed by atoms with E-state index in [1.54, 1.807) is 0 Å². The Morgan fingerprint density at radius 2 is 1.33 bits per heavy atom. The van der Waals surface area contributed by atoms with Crippen molar-refractivity contribution >= 4 is 5.78 Å². The molecule has 1 unspecified atom stereocenters. The fourth-order valence-corrected chi connectivity index (χ4v) is 2.25. The molecule has 1 aliphatic rings. The van der Waals surface area contributed by atoms with Crippen LogP contribution in [0, 0.1) is 29.1 Å². The lowest BCUT2D eigenvalue weighted by molar-refractivity contribution is -0.120. The van der Waals surface area contributed by atoms with Crippen LogP contribution >= 0.6 is 0 Å². The summed E-state index contributed by atoms with van der Waals surface area (Å²) in [6, 6.07) is 0. The Labute approximate surface area is 99.6 Å². The zero-order valence-electron chi connectivity index (χ0n) is 9.20. The number of benzene rings is 1. The van der Waals surface area contributed by atoms with Gasteiger partial charge in [0.2, 0.25) is 5.82 Å². The van der Waals surface area contributed by atoms with Gasteiger partial charge in [-0.2, -0.15) is 0 Å². The summed E-state index contributed by atoms with van der Waals surface area (Å²) in [5.74, 6) is -10.9. The molecule has 1 aromatic carbocycles. The Hall–Kier alpha value is -1.46. The number of carbonyl (C=O) groups excluding carboxylic acids is 1. The third-order valence-corrected chi connectivity index (χ3v) is 3.13. The van der Waals surface area contributed by atoms with Gasteiger partial charge in [0.1, 0.15) is 5.78 Å². The highest BCUT2D eigenvalue weighted by Gasteiger charge is 2.32. The maximum absolute atomic E-state index is 13.5. The summed E-state index contributed by atoms with van der Waals surface area (Å²) < 4.78 is 65.8. The highest BCUT2D eigenvalue weighted by molar-refractivity contribution is 5.80. The van der Waals surface area contributed by atoms with E-state index in [-0.39, 0.29) is 25.0 Å². The molecule has 1 nitrogen and oxygen atoms in total. The molecule has 2 rings (SSSR count). The molecular formula is C12H9F5O. The zero-order chi connectivity index (χ0) is 13.4. The summed E-state index contributed by atoms with van der Waals surface area (Å²) in [5, 5.41) is 0. The average molecular weight is 264 g/mol. The molecule has 1 saturated carbocycles. The smallest absolute Gasteiger partial charge is 0.200 e. The number of hydrogen-bond acceptors (Lipinski definition) is 1. The van der Waals surface area contributed by atoms with Crippen LogP contribution in [0.2, 0.25) is 0 Å². The number of carbonyl (C=O) groups is 1. The topological polar surface area (TPSA) is 17.1 Å². The average Bonchev–Trinajstić information content (AvgIpc) is 2.34. The Morgan fingerprint density at radius 1 is 0.833 bits per heavy atom. The number of rotatable bonds is 1. The van der Waals surface area contributed by atoms with Gasteiger partial charge in [-0.05, 0) is 18.8 Å². The number of Topliss-reactive ketones (excluding diaryl/α,β-unsaturated/α-hetero) is 1. The van der Waals surface area contributed by atoms with Gasteiger partial charge < -0.3 is 0 Å². The van der Waals surface area contributed by atoms with Crippen molar-refractivity contribution < 1.29 is 26.7 Å². The van der Waals surface area contributed by atoms with E-state index in [0.717, 1.165) is 0 Å². The van der Waals surface area contributed by atoms with Crippen molar-refractivity contribution in [3.63, 3.8) is 0 Å². The lowest BCUT2D eigenvalue weighted by atomic mass is 9.82. The normalized spacial score (nSPS) is 20.3. The molecule has 0 spiro atoms. The fraction of sp³-hybridized carbons (Fsp3) is 0.417. The predicted molar refractivity (Wildman–Crippen MR) is 52.4 cm³/mol. The molecule has 98 valence electrons. The van der Waals surface area contributed by atoms with Gasteiger partial charge in [-0.1, -0.05) is 0 Å². The molecule has 0 aromatic heterocycles. The highest BCUT2D eigenvalue weighted by Crippen LogP contribution is 2.36. The van der Waals surface area contributed by atoms with Crippen LogP contribution < -0.4 is 0 Å². The zero-order valence-corrected chi connectivity index (χ0v) is 9.20. The van der Waals surface area contributed by atoms with Crippen molar-refractivity contribution in [3.05, 3.63) is 34.6 Å². The van der Waals surface area contributed by atoms with Gasteiger partial charge in [-0.15, -0.1) is 0 Å². The molecule has 1 fully saturated rings. The van der Waals surface area contributed by atoms with Crippen LogP contribution in [-0.4, -0.2) is 5.78 Å². The molecule has 0 aliphatic heterocycles. The standard InChI is InChI=1S/C12H9F5O/c13-8-7(5-2-1-3-6(18)4-5)9(14)11(16)12(17)10(8)15/h5H,1-4H2. The second-order valence-electron chi connectivity index (χ2n) is 4.32. The molecule has 0 radical (unpaired) electrons. The van der Waals surface area contributed by atoms with Crippen molar-refractivity contribution in [2.75, 3.05) is 0 Å². The van der Waals surface area contributed by atoms with Gasteiger partial charge in [-0.3, -0.25) is 4.79 Å². The summed E-state index contributed by atoms with van der Waals surface area (Å²) in [6.45, 7) is 0. The minimum absolute atomic E-state index is 0.182. The molecule has 0 heterocycles. The summed E-state index contributed by atoms with van der Waals surface area (Å²) in [4.78, 5) is 11.2. The first-order valence-electron chi connectivity index (χ1n) is 5.46. The molecule has 1 aromatic rings. The Bertz CT molecular complexity index is 483. The van der Waals surface area contributed by atoms with Crippen LogP contribution in [0.25, 0.3) is 0 Å². The molecule has 6 heteroatoms. The maximum Gasteiger partial charge on any atom is 0.200 e. The van der Waals surface area contributed by atoms with Crippen molar-refractivity contribution in [3.8, 4) is 0 Å². The predicted octanol–water partition coefficient (Wildman–Crippen LogP) is 3.61. The molecule has 18 heavy (non-hydrogen) atoms. The van der Waals surface area contributed by atoms with Gasteiger partial charge in [-0.25, -0.2) is 22.0 Å².